The van der Waals surface area contributed by atoms with Gasteiger partial charge in [0.15, 0.2) is 5.58 Å². The van der Waals surface area contributed by atoms with Crippen LogP contribution in [0.1, 0.15) is 73.7 Å². The zero-order chi connectivity index (χ0) is 25.5. The molecule has 3 aromatic carbocycles. The molecule has 1 N–H and O–H groups in total. The maximum atomic E-state index is 5.62. The van der Waals surface area contributed by atoms with Crippen LogP contribution in [0, 0.1) is 0 Å². The smallest absolute Gasteiger partial charge is 0.167 e. The van der Waals surface area contributed by atoms with Gasteiger partial charge in [-0.15, -0.1) is 0 Å². The van der Waals surface area contributed by atoms with Gasteiger partial charge in [0.2, 0.25) is 0 Å². The Bertz CT molecular complexity index is 1710. The van der Waals surface area contributed by atoms with Gasteiger partial charge >= 0.3 is 0 Å². The molecule has 0 bridgehead atoms. The molecule has 0 radical (unpaired) electrons. The molecule has 0 saturated carbocycles. The zero-order valence-corrected chi connectivity index (χ0v) is 21.8. The van der Waals surface area contributed by atoms with E-state index >= 15 is 0 Å². The number of H-pyrrole nitrogens is 1. The lowest BCUT2D eigenvalue weighted by molar-refractivity contribution is 0.441. The maximum absolute atomic E-state index is 5.62. The van der Waals surface area contributed by atoms with E-state index in [9.17, 15) is 0 Å². The number of aromatic nitrogens is 4. The van der Waals surface area contributed by atoms with Crippen molar-refractivity contribution in [3.05, 3.63) is 101 Å². The number of hydrogen-bond donors (Lipinski definition) is 1. The molecule has 0 fully saturated rings. The second kappa shape index (κ2) is 9.47. The van der Waals surface area contributed by atoms with E-state index in [2.05, 4.69) is 105 Å². The lowest BCUT2D eigenvalue weighted by Gasteiger charge is -2.14. The van der Waals surface area contributed by atoms with Gasteiger partial charge in [-0.2, -0.15) is 5.10 Å². The normalized spacial score (nSPS) is 13.6. The predicted molar refractivity (Wildman–Crippen MR) is 150 cm³/mol. The molecule has 0 aliphatic rings. The SMILES string of the molecule is CC(C)c1noc2cc(CC(C)c3n[nH]c4cc(CC(C)c5nccc6ccccc56)ccc34)ccc12. The maximum Gasteiger partial charge on any atom is 0.167 e. The molecule has 2 atom stereocenters. The molecule has 5 heteroatoms. The minimum absolute atomic E-state index is 0.267. The van der Waals surface area contributed by atoms with Crippen LogP contribution in [0.15, 0.2) is 77.4 Å². The van der Waals surface area contributed by atoms with Crippen LogP contribution in [-0.4, -0.2) is 20.3 Å². The Labute approximate surface area is 216 Å². The van der Waals surface area contributed by atoms with Crippen LogP contribution in [0.25, 0.3) is 32.6 Å². The first-order valence-electron chi connectivity index (χ1n) is 13.2. The third kappa shape index (κ3) is 4.39. The van der Waals surface area contributed by atoms with Crippen molar-refractivity contribution in [2.24, 2.45) is 0 Å². The number of pyridine rings is 1. The van der Waals surface area contributed by atoms with E-state index in [-0.39, 0.29) is 5.92 Å². The third-order valence-corrected chi connectivity index (χ3v) is 7.49. The number of nitrogens with zero attached hydrogens (tertiary/aromatic N) is 3. The van der Waals surface area contributed by atoms with Gasteiger partial charge in [0.05, 0.1) is 22.6 Å². The van der Waals surface area contributed by atoms with Gasteiger partial charge in [0.25, 0.3) is 0 Å². The van der Waals surface area contributed by atoms with Gasteiger partial charge in [-0.1, -0.05) is 75.3 Å². The highest BCUT2D eigenvalue weighted by atomic mass is 16.5. The number of fused-ring (bicyclic) bond motifs is 3. The summed E-state index contributed by atoms with van der Waals surface area (Å²) >= 11 is 0. The quantitative estimate of drug-likeness (QED) is 0.247. The fourth-order valence-electron chi connectivity index (χ4n) is 5.57. The molecule has 186 valence electrons. The molecule has 3 aromatic heterocycles. The van der Waals surface area contributed by atoms with Gasteiger partial charge in [0.1, 0.15) is 0 Å². The van der Waals surface area contributed by atoms with Gasteiger partial charge in [0, 0.05) is 34.2 Å². The Hall–Kier alpha value is -3.99. The average molecular weight is 489 g/mol. The standard InChI is InChI=1S/C32H32N4O/c1-19(2)30-27-12-10-23(18-29(27)37-36-30)16-21(4)32-26-11-9-22(17-28(26)34-35-32)15-20(3)31-25-8-6-5-7-24(25)13-14-33-31/h5-14,17-21H,15-16H2,1-4H3,(H,34,35). The van der Waals surface area contributed by atoms with Crippen molar-refractivity contribution in [2.75, 3.05) is 0 Å². The van der Waals surface area contributed by atoms with Crippen molar-refractivity contribution < 1.29 is 4.52 Å². The lowest BCUT2D eigenvalue weighted by atomic mass is 9.92. The molecular weight excluding hydrogens is 456 g/mol. The summed E-state index contributed by atoms with van der Waals surface area (Å²) in [6, 6.07) is 23.7. The number of nitrogens with one attached hydrogen (secondary N) is 1. The highest BCUT2D eigenvalue weighted by Crippen LogP contribution is 2.31. The Morgan fingerprint density at radius 1 is 0.730 bits per heavy atom. The molecule has 6 rings (SSSR count). The second-order valence-electron chi connectivity index (χ2n) is 10.7. The zero-order valence-electron chi connectivity index (χ0n) is 21.8. The van der Waals surface area contributed by atoms with E-state index in [1.54, 1.807) is 0 Å². The highest BCUT2D eigenvalue weighted by molar-refractivity contribution is 5.85. The number of aromatic amines is 1. The molecule has 37 heavy (non-hydrogen) atoms. The molecule has 0 aliphatic carbocycles. The third-order valence-electron chi connectivity index (χ3n) is 7.49. The monoisotopic (exact) mass is 488 g/mol. The van der Waals surface area contributed by atoms with Crippen LogP contribution in [-0.2, 0) is 12.8 Å². The van der Waals surface area contributed by atoms with E-state index in [1.807, 2.05) is 6.20 Å². The molecule has 3 heterocycles. The van der Waals surface area contributed by atoms with Gasteiger partial charge < -0.3 is 4.52 Å². The summed E-state index contributed by atoms with van der Waals surface area (Å²) < 4.78 is 5.62. The van der Waals surface area contributed by atoms with E-state index in [0.29, 0.717) is 11.8 Å². The van der Waals surface area contributed by atoms with Crippen molar-refractivity contribution >= 4 is 32.6 Å². The Balaban J connectivity index is 1.21. The fourth-order valence-corrected chi connectivity index (χ4v) is 5.57. The lowest BCUT2D eigenvalue weighted by Crippen LogP contribution is -2.02. The number of hydrogen-bond acceptors (Lipinski definition) is 4. The van der Waals surface area contributed by atoms with Crippen molar-refractivity contribution in [1.29, 1.82) is 0 Å². The van der Waals surface area contributed by atoms with E-state index in [4.69, 9.17) is 14.6 Å². The Morgan fingerprint density at radius 2 is 1.46 bits per heavy atom. The summed E-state index contributed by atoms with van der Waals surface area (Å²) in [5.74, 6) is 0.924. The predicted octanol–water partition coefficient (Wildman–Crippen LogP) is 8.07. The number of benzene rings is 3. The van der Waals surface area contributed by atoms with Crippen molar-refractivity contribution in [1.82, 2.24) is 20.3 Å². The van der Waals surface area contributed by atoms with Crippen molar-refractivity contribution in [3.63, 3.8) is 0 Å². The summed E-state index contributed by atoms with van der Waals surface area (Å²) in [7, 11) is 0. The molecule has 6 aromatic rings. The molecule has 0 aliphatic heterocycles. The first kappa shape index (κ1) is 23.4. The van der Waals surface area contributed by atoms with E-state index in [1.165, 1.54) is 27.3 Å². The second-order valence-corrected chi connectivity index (χ2v) is 10.7. The van der Waals surface area contributed by atoms with Gasteiger partial charge in [-0.05, 0) is 59.5 Å². The topological polar surface area (TPSA) is 67.6 Å². The van der Waals surface area contributed by atoms with Crippen molar-refractivity contribution in [3.8, 4) is 0 Å². The van der Waals surface area contributed by atoms with Crippen molar-refractivity contribution in [2.45, 2.75) is 58.3 Å². The Kier molecular flexibility index (Phi) is 5.99. The summed E-state index contributed by atoms with van der Waals surface area (Å²) in [5, 5.41) is 17.1. The van der Waals surface area contributed by atoms with Crippen LogP contribution >= 0.6 is 0 Å². The highest BCUT2D eigenvalue weighted by Gasteiger charge is 2.18. The first-order chi connectivity index (χ1) is 18.0. The van der Waals surface area contributed by atoms with Crippen LogP contribution < -0.4 is 0 Å². The average Bonchev–Trinajstić information content (AvgIpc) is 3.52. The summed E-state index contributed by atoms with van der Waals surface area (Å²) in [6.07, 6.45) is 3.73. The number of rotatable bonds is 7. The Morgan fingerprint density at radius 3 is 2.27 bits per heavy atom. The molecule has 2 unspecified atom stereocenters. The summed E-state index contributed by atoms with van der Waals surface area (Å²) in [6.45, 7) is 8.78. The first-order valence-corrected chi connectivity index (χ1v) is 13.2. The minimum atomic E-state index is 0.267. The van der Waals surface area contributed by atoms with Gasteiger partial charge in [-0.25, -0.2) is 0 Å². The van der Waals surface area contributed by atoms with Crippen LogP contribution in [0.3, 0.4) is 0 Å². The fraction of sp³-hybridized carbons (Fsp3) is 0.281. The van der Waals surface area contributed by atoms with Crippen LogP contribution in [0.5, 0.6) is 0 Å². The molecular formula is C32H32N4O. The minimum Gasteiger partial charge on any atom is -0.356 e. The molecule has 0 spiro atoms. The van der Waals surface area contributed by atoms with E-state index < -0.39 is 0 Å². The summed E-state index contributed by atoms with van der Waals surface area (Å²) in [4.78, 5) is 4.73. The molecule has 5 nitrogen and oxygen atoms in total. The van der Waals surface area contributed by atoms with Crippen LogP contribution in [0.4, 0.5) is 0 Å². The molecule has 0 saturated heterocycles. The van der Waals surface area contributed by atoms with Gasteiger partial charge in [-0.3, -0.25) is 10.1 Å². The van der Waals surface area contributed by atoms with Crippen LogP contribution in [0.2, 0.25) is 0 Å². The summed E-state index contributed by atoms with van der Waals surface area (Å²) in [5.41, 5.74) is 7.75. The largest absolute Gasteiger partial charge is 0.356 e. The molecule has 0 amide bonds. The van der Waals surface area contributed by atoms with E-state index in [0.717, 1.165) is 46.4 Å².